The fraction of sp³-hybridized carbons (Fsp3) is 0.417. The van der Waals surface area contributed by atoms with Crippen molar-refractivity contribution in [1.82, 2.24) is 5.32 Å². The van der Waals surface area contributed by atoms with Crippen molar-refractivity contribution in [3.63, 3.8) is 0 Å². The van der Waals surface area contributed by atoms with E-state index in [0.717, 1.165) is 0 Å². The SMILES string of the molecule is CSC(C)(C)CNC(=O)c1ccccc1N.Cl. The number of nitrogens with one attached hydrogen (secondary N) is 1. The van der Waals surface area contributed by atoms with Crippen LogP contribution in [-0.2, 0) is 0 Å². The van der Waals surface area contributed by atoms with Crippen molar-refractivity contribution in [3.8, 4) is 0 Å². The molecule has 0 saturated carbocycles. The summed E-state index contributed by atoms with van der Waals surface area (Å²) in [6.45, 7) is 4.81. The number of nitrogen functional groups attached to an aromatic ring is 1. The smallest absolute Gasteiger partial charge is 0.253 e. The zero-order chi connectivity index (χ0) is 12.2. The third-order valence-electron chi connectivity index (χ3n) is 2.43. The molecule has 0 aliphatic heterocycles. The molecule has 0 aliphatic rings. The van der Waals surface area contributed by atoms with E-state index in [-0.39, 0.29) is 23.1 Å². The van der Waals surface area contributed by atoms with Crippen LogP contribution >= 0.6 is 24.2 Å². The molecule has 0 unspecified atom stereocenters. The van der Waals surface area contributed by atoms with E-state index < -0.39 is 0 Å². The molecule has 3 N–H and O–H groups in total. The summed E-state index contributed by atoms with van der Waals surface area (Å²) < 4.78 is 0.0409. The van der Waals surface area contributed by atoms with Crippen molar-refractivity contribution in [1.29, 1.82) is 0 Å². The molecular formula is C12H19ClN2OS. The van der Waals surface area contributed by atoms with E-state index in [4.69, 9.17) is 5.73 Å². The fourth-order valence-corrected chi connectivity index (χ4v) is 1.38. The summed E-state index contributed by atoms with van der Waals surface area (Å²) in [5.74, 6) is -0.111. The van der Waals surface area contributed by atoms with E-state index in [1.165, 1.54) is 0 Å². The predicted molar refractivity (Wildman–Crippen MR) is 78.0 cm³/mol. The van der Waals surface area contributed by atoms with Gasteiger partial charge in [0.1, 0.15) is 0 Å². The highest BCUT2D eigenvalue weighted by Crippen LogP contribution is 2.20. The van der Waals surface area contributed by atoms with Gasteiger partial charge in [-0.25, -0.2) is 0 Å². The van der Waals surface area contributed by atoms with Gasteiger partial charge in [0, 0.05) is 17.0 Å². The van der Waals surface area contributed by atoms with Crippen molar-refractivity contribution < 1.29 is 4.79 Å². The molecule has 0 aromatic heterocycles. The lowest BCUT2D eigenvalue weighted by Gasteiger charge is -2.22. The van der Waals surface area contributed by atoms with Crippen LogP contribution in [0.4, 0.5) is 5.69 Å². The van der Waals surface area contributed by atoms with Crippen molar-refractivity contribution in [3.05, 3.63) is 29.8 Å². The molecule has 0 fully saturated rings. The number of hydrogen-bond acceptors (Lipinski definition) is 3. The Kier molecular flexibility index (Phi) is 6.42. The second-order valence-electron chi connectivity index (χ2n) is 4.23. The Morgan fingerprint density at radius 3 is 2.53 bits per heavy atom. The second kappa shape index (κ2) is 6.77. The first kappa shape index (κ1) is 16.1. The van der Waals surface area contributed by atoms with Crippen LogP contribution in [0.1, 0.15) is 24.2 Å². The van der Waals surface area contributed by atoms with Gasteiger partial charge in [-0.05, 0) is 32.2 Å². The Bertz CT molecular complexity index is 383. The quantitative estimate of drug-likeness (QED) is 0.830. The summed E-state index contributed by atoms with van der Waals surface area (Å²) in [7, 11) is 0. The monoisotopic (exact) mass is 274 g/mol. The number of anilines is 1. The highest BCUT2D eigenvalue weighted by atomic mass is 35.5. The van der Waals surface area contributed by atoms with Crippen molar-refractivity contribution in [2.45, 2.75) is 18.6 Å². The van der Waals surface area contributed by atoms with Crippen LogP contribution in [0.25, 0.3) is 0 Å². The normalized spacial score (nSPS) is 10.5. The van der Waals surface area contributed by atoms with E-state index in [9.17, 15) is 4.79 Å². The second-order valence-corrected chi connectivity index (χ2v) is 5.75. The number of thioether (sulfide) groups is 1. The number of rotatable bonds is 4. The maximum atomic E-state index is 11.8. The number of carbonyl (C=O) groups is 1. The average Bonchev–Trinajstić information content (AvgIpc) is 2.27. The van der Waals surface area contributed by atoms with Gasteiger partial charge in [-0.3, -0.25) is 4.79 Å². The maximum Gasteiger partial charge on any atom is 0.253 e. The lowest BCUT2D eigenvalue weighted by atomic mass is 10.1. The number of benzene rings is 1. The van der Waals surface area contributed by atoms with Crippen molar-refractivity contribution in [2.75, 3.05) is 18.5 Å². The molecule has 0 heterocycles. The molecule has 96 valence electrons. The largest absolute Gasteiger partial charge is 0.398 e. The van der Waals surface area contributed by atoms with E-state index in [2.05, 4.69) is 19.2 Å². The third-order valence-corrected chi connectivity index (χ3v) is 3.68. The summed E-state index contributed by atoms with van der Waals surface area (Å²) >= 11 is 1.72. The fourth-order valence-electron chi connectivity index (χ4n) is 1.16. The van der Waals surface area contributed by atoms with E-state index >= 15 is 0 Å². The third kappa shape index (κ3) is 4.88. The summed E-state index contributed by atoms with van der Waals surface area (Å²) in [5, 5.41) is 2.89. The lowest BCUT2D eigenvalue weighted by Crippen LogP contribution is -2.36. The maximum absolute atomic E-state index is 11.8. The molecule has 1 aromatic carbocycles. The molecular weight excluding hydrogens is 256 g/mol. The molecule has 0 atom stereocenters. The van der Waals surface area contributed by atoms with Gasteiger partial charge in [-0.15, -0.1) is 12.4 Å². The molecule has 3 nitrogen and oxygen atoms in total. The predicted octanol–water partition coefficient (Wildman–Crippen LogP) is 2.56. The Hall–Kier alpha value is -0.870. The van der Waals surface area contributed by atoms with Crippen LogP contribution in [0.15, 0.2) is 24.3 Å². The Morgan fingerprint density at radius 1 is 1.41 bits per heavy atom. The molecule has 0 spiro atoms. The lowest BCUT2D eigenvalue weighted by molar-refractivity contribution is 0.0951. The molecule has 1 amide bonds. The zero-order valence-corrected chi connectivity index (χ0v) is 12.0. The Labute approximate surface area is 113 Å². The first-order valence-electron chi connectivity index (χ1n) is 5.14. The van der Waals surface area contributed by atoms with Crippen LogP contribution < -0.4 is 11.1 Å². The standard InChI is InChI=1S/C12H18N2OS.ClH/c1-12(2,16-3)8-14-11(15)9-6-4-5-7-10(9)13;/h4-7H,8,13H2,1-3H3,(H,14,15);1H. The number of halogens is 1. The number of amides is 1. The van der Waals surface area contributed by atoms with Crippen LogP contribution in [0.3, 0.4) is 0 Å². The van der Waals surface area contributed by atoms with Crippen LogP contribution in [0.2, 0.25) is 0 Å². The van der Waals surface area contributed by atoms with Gasteiger partial charge < -0.3 is 11.1 Å². The van der Waals surface area contributed by atoms with Gasteiger partial charge in [0.15, 0.2) is 0 Å². The van der Waals surface area contributed by atoms with Gasteiger partial charge in [0.25, 0.3) is 5.91 Å². The Morgan fingerprint density at radius 2 is 2.00 bits per heavy atom. The van der Waals surface area contributed by atoms with Crippen molar-refractivity contribution in [2.24, 2.45) is 0 Å². The highest BCUT2D eigenvalue weighted by molar-refractivity contribution is 7.99. The first-order chi connectivity index (χ1) is 7.46. The number of carbonyl (C=O) groups excluding carboxylic acids is 1. The molecule has 0 saturated heterocycles. The van der Waals surface area contributed by atoms with E-state index in [1.807, 2.05) is 18.4 Å². The van der Waals surface area contributed by atoms with Gasteiger partial charge in [0.2, 0.25) is 0 Å². The molecule has 17 heavy (non-hydrogen) atoms. The van der Waals surface area contributed by atoms with Gasteiger partial charge in [-0.2, -0.15) is 11.8 Å². The van der Waals surface area contributed by atoms with Crippen molar-refractivity contribution >= 4 is 35.8 Å². The Balaban J connectivity index is 0.00000256. The van der Waals surface area contributed by atoms with Gasteiger partial charge >= 0.3 is 0 Å². The van der Waals surface area contributed by atoms with E-state index in [1.54, 1.807) is 23.9 Å². The minimum Gasteiger partial charge on any atom is -0.398 e. The van der Waals surface area contributed by atoms with E-state index in [0.29, 0.717) is 17.8 Å². The number of nitrogens with two attached hydrogens (primary N) is 1. The van der Waals surface area contributed by atoms with Crippen LogP contribution in [-0.4, -0.2) is 23.5 Å². The molecule has 0 radical (unpaired) electrons. The molecule has 1 aromatic rings. The average molecular weight is 275 g/mol. The molecule has 0 bridgehead atoms. The minimum absolute atomic E-state index is 0. The first-order valence-corrected chi connectivity index (χ1v) is 6.36. The molecule has 1 rings (SSSR count). The van der Waals surface area contributed by atoms with Gasteiger partial charge in [0.05, 0.1) is 5.56 Å². The minimum atomic E-state index is -0.111. The summed E-state index contributed by atoms with van der Waals surface area (Å²) in [6.07, 6.45) is 2.03. The highest BCUT2D eigenvalue weighted by Gasteiger charge is 2.18. The number of para-hydroxylation sites is 1. The summed E-state index contributed by atoms with van der Waals surface area (Å²) in [6, 6.07) is 7.09. The van der Waals surface area contributed by atoms with Crippen LogP contribution in [0.5, 0.6) is 0 Å². The topological polar surface area (TPSA) is 55.1 Å². The summed E-state index contributed by atoms with van der Waals surface area (Å²) in [5.41, 5.74) is 6.78. The van der Waals surface area contributed by atoms with Gasteiger partial charge in [-0.1, -0.05) is 12.1 Å². The molecule has 5 heteroatoms. The number of hydrogen-bond donors (Lipinski definition) is 2. The van der Waals surface area contributed by atoms with Crippen LogP contribution in [0, 0.1) is 0 Å². The zero-order valence-electron chi connectivity index (χ0n) is 10.3. The molecule has 0 aliphatic carbocycles. The summed E-state index contributed by atoms with van der Waals surface area (Å²) in [4.78, 5) is 11.8.